The van der Waals surface area contributed by atoms with Crippen molar-refractivity contribution in [3.8, 4) is 22.8 Å². The van der Waals surface area contributed by atoms with Gasteiger partial charge >= 0.3 is 0 Å². The van der Waals surface area contributed by atoms with Gasteiger partial charge in [-0.25, -0.2) is 14.5 Å². The number of hydrogen-bond donors (Lipinski definition) is 2. The van der Waals surface area contributed by atoms with Crippen LogP contribution >= 0.6 is 0 Å². The molecule has 1 amide bonds. The molecule has 0 spiro atoms. The molecule has 4 aromatic rings. The van der Waals surface area contributed by atoms with Crippen molar-refractivity contribution in [2.24, 2.45) is 5.73 Å². The van der Waals surface area contributed by atoms with Gasteiger partial charge in [-0.15, -0.1) is 0 Å². The largest absolute Gasteiger partial charge is 0.364 e. The van der Waals surface area contributed by atoms with E-state index in [2.05, 4.69) is 20.0 Å². The number of nitrogens with zero attached hydrogens (tertiary/aromatic N) is 7. The molecule has 0 aromatic carbocycles. The lowest BCUT2D eigenvalue weighted by Gasteiger charge is -2.07. The van der Waals surface area contributed by atoms with E-state index in [1.165, 1.54) is 23.6 Å². The van der Waals surface area contributed by atoms with Gasteiger partial charge in [0.25, 0.3) is 5.91 Å². The lowest BCUT2D eigenvalue weighted by Crippen LogP contribution is -2.15. The second-order valence-electron chi connectivity index (χ2n) is 7.12. The number of aromatic nitrogens is 7. The molecule has 10 nitrogen and oxygen atoms in total. The Bertz CT molecular complexity index is 1240. The highest BCUT2D eigenvalue weighted by Gasteiger charge is 2.28. The minimum Gasteiger partial charge on any atom is -0.364 e. The summed E-state index contributed by atoms with van der Waals surface area (Å²) in [7, 11) is 0. The van der Waals surface area contributed by atoms with Crippen LogP contribution in [0.4, 0.5) is 5.95 Å². The minimum atomic E-state index is -0.569. The fourth-order valence-electron chi connectivity index (χ4n) is 3.70. The quantitative estimate of drug-likeness (QED) is 0.555. The molecule has 28 heavy (non-hydrogen) atoms. The van der Waals surface area contributed by atoms with Crippen LogP contribution in [-0.4, -0.2) is 46.4 Å². The molecule has 0 radical (unpaired) electrons. The zero-order chi connectivity index (χ0) is 18.8. The normalized spacial score (nSPS) is 15.7. The lowest BCUT2D eigenvalue weighted by atomic mass is 10.2. The highest BCUT2D eigenvalue weighted by molar-refractivity contribution is 5.91. The maximum atomic E-state index is 11.7. The van der Waals surface area contributed by atoms with Gasteiger partial charge in [0.15, 0.2) is 5.65 Å². The number of carbonyl (C=O) groups is 1. The maximum absolute atomic E-state index is 11.7. The monoisotopic (exact) mass is 375 g/mol. The summed E-state index contributed by atoms with van der Waals surface area (Å²) in [5, 5.41) is 12.7. The molecule has 0 unspecified atom stereocenters. The Balaban J connectivity index is 1.55. The third-order valence-electron chi connectivity index (χ3n) is 5.22. The smallest absolute Gasteiger partial charge is 0.269 e. The molecule has 140 valence electrons. The maximum Gasteiger partial charge on any atom is 0.269 e. The molecule has 0 bridgehead atoms. The molecular formula is C18H17N9O. The van der Waals surface area contributed by atoms with Crippen molar-refractivity contribution in [3.63, 3.8) is 0 Å². The summed E-state index contributed by atoms with van der Waals surface area (Å²) < 4.78 is 5.59. The fraction of sp³-hybridized carbons (Fsp3) is 0.278. The Labute approximate surface area is 159 Å². The number of primary amides is 1. The Kier molecular flexibility index (Phi) is 2.97. The van der Waals surface area contributed by atoms with Gasteiger partial charge in [-0.2, -0.15) is 10.2 Å². The molecule has 1 saturated carbocycles. The van der Waals surface area contributed by atoms with Gasteiger partial charge in [0.05, 0.1) is 17.9 Å². The molecule has 0 saturated heterocycles. The van der Waals surface area contributed by atoms with Crippen LogP contribution in [0, 0.1) is 0 Å². The number of hydrogen-bond acceptors (Lipinski definition) is 6. The zero-order valence-electron chi connectivity index (χ0n) is 14.9. The van der Waals surface area contributed by atoms with Crippen LogP contribution in [0.5, 0.6) is 0 Å². The van der Waals surface area contributed by atoms with E-state index in [9.17, 15) is 4.79 Å². The van der Waals surface area contributed by atoms with E-state index in [-0.39, 0.29) is 5.69 Å². The standard InChI is InChI=1S/C18H17N9O/c19-17(28)13-9-21-14-4-3-12(24-27(13)14)16-15(22-18-20-6-8-25(16)18)11-5-7-26(23-11)10-1-2-10/h3-5,7,9-10H,1-2,6,8H2,(H2,19,28)(H,20,22). The van der Waals surface area contributed by atoms with Crippen molar-refractivity contribution in [2.45, 2.75) is 25.4 Å². The first-order valence-electron chi connectivity index (χ1n) is 9.24. The number of anilines is 1. The molecule has 5 heterocycles. The van der Waals surface area contributed by atoms with Crippen LogP contribution in [0.2, 0.25) is 0 Å². The molecule has 2 aliphatic rings. The summed E-state index contributed by atoms with van der Waals surface area (Å²) in [5.74, 6) is 0.231. The highest BCUT2D eigenvalue weighted by Crippen LogP contribution is 2.37. The molecule has 10 heteroatoms. The number of amides is 1. The predicted octanol–water partition coefficient (Wildman–Crippen LogP) is 1.32. The SMILES string of the molecule is NC(=O)c1cnc2ccc(-c3c(-c4ccn(C5CC5)n4)nc4n3CCN4)nn12. The molecule has 1 aliphatic carbocycles. The Morgan fingerprint density at radius 1 is 1.18 bits per heavy atom. The van der Waals surface area contributed by atoms with Gasteiger partial charge in [0.2, 0.25) is 5.95 Å². The summed E-state index contributed by atoms with van der Waals surface area (Å²) in [6, 6.07) is 6.20. The first-order valence-corrected chi connectivity index (χ1v) is 9.24. The molecule has 6 rings (SSSR count). The van der Waals surface area contributed by atoms with Crippen LogP contribution in [-0.2, 0) is 6.54 Å². The van der Waals surface area contributed by atoms with Crippen molar-refractivity contribution in [1.82, 2.24) is 33.9 Å². The number of fused-ring (bicyclic) bond motifs is 2. The van der Waals surface area contributed by atoms with Crippen LogP contribution in [0.15, 0.2) is 30.6 Å². The van der Waals surface area contributed by atoms with Gasteiger partial charge in [-0.3, -0.25) is 9.48 Å². The second-order valence-corrected chi connectivity index (χ2v) is 7.12. The van der Waals surface area contributed by atoms with E-state index in [1.807, 2.05) is 29.1 Å². The topological polar surface area (TPSA) is 121 Å². The number of nitrogens with two attached hydrogens (primary N) is 1. The van der Waals surface area contributed by atoms with Crippen LogP contribution < -0.4 is 11.1 Å². The van der Waals surface area contributed by atoms with Crippen molar-refractivity contribution in [2.75, 3.05) is 11.9 Å². The Hall–Kier alpha value is -3.69. The third kappa shape index (κ3) is 2.17. The van der Waals surface area contributed by atoms with Crippen molar-refractivity contribution in [1.29, 1.82) is 0 Å². The second kappa shape index (κ2) is 5.41. The fourth-order valence-corrected chi connectivity index (χ4v) is 3.70. The van der Waals surface area contributed by atoms with Crippen molar-refractivity contribution in [3.05, 3.63) is 36.3 Å². The predicted molar refractivity (Wildman–Crippen MR) is 101 cm³/mol. The summed E-state index contributed by atoms with van der Waals surface area (Å²) >= 11 is 0. The summed E-state index contributed by atoms with van der Waals surface area (Å²) in [4.78, 5) is 20.7. The number of carbonyl (C=O) groups excluding carboxylic acids is 1. The minimum absolute atomic E-state index is 0.246. The first kappa shape index (κ1) is 15.4. The lowest BCUT2D eigenvalue weighted by molar-refractivity contribution is 0.0993. The van der Waals surface area contributed by atoms with E-state index >= 15 is 0 Å². The van der Waals surface area contributed by atoms with Gasteiger partial charge < -0.3 is 15.6 Å². The summed E-state index contributed by atoms with van der Waals surface area (Å²) in [5.41, 5.74) is 9.41. The van der Waals surface area contributed by atoms with E-state index in [0.29, 0.717) is 17.4 Å². The third-order valence-corrected chi connectivity index (χ3v) is 5.22. The zero-order valence-corrected chi connectivity index (χ0v) is 14.9. The van der Waals surface area contributed by atoms with Crippen LogP contribution in [0.25, 0.3) is 28.4 Å². The molecular weight excluding hydrogens is 358 g/mol. The average molecular weight is 375 g/mol. The average Bonchev–Trinajstić information content (AvgIpc) is 3.08. The van der Waals surface area contributed by atoms with Crippen molar-refractivity contribution >= 4 is 17.5 Å². The first-order chi connectivity index (χ1) is 13.7. The van der Waals surface area contributed by atoms with E-state index in [0.717, 1.165) is 36.1 Å². The molecule has 4 aromatic heterocycles. The molecule has 3 N–H and O–H groups in total. The molecule has 1 aliphatic heterocycles. The van der Waals surface area contributed by atoms with E-state index < -0.39 is 5.91 Å². The molecule has 1 fully saturated rings. The van der Waals surface area contributed by atoms with E-state index in [1.54, 1.807) is 0 Å². The van der Waals surface area contributed by atoms with Crippen LogP contribution in [0.1, 0.15) is 29.4 Å². The Morgan fingerprint density at radius 3 is 2.89 bits per heavy atom. The van der Waals surface area contributed by atoms with Gasteiger partial charge in [0, 0.05) is 19.3 Å². The van der Waals surface area contributed by atoms with Gasteiger partial charge in [0.1, 0.15) is 22.8 Å². The number of nitrogens with one attached hydrogen (secondary N) is 1. The number of rotatable bonds is 4. The number of imidazole rings is 2. The highest BCUT2D eigenvalue weighted by atomic mass is 16.1. The van der Waals surface area contributed by atoms with Crippen LogP contribution in [0.3, 0.4) is 0 Å². The van der Waals surface area contributed by atoms with Gasteiger partial charge in [-0.1, -0.05) is 0 Å². The van der Waals surface area contributed by atoms with E-state index in [4.69, 9.17) is 15.8 Å². The summed E-state index contributed by atoms with van der Waals surface area (Å²) in [6.45, 7) is 1.60. The summed E-state index contributed by atoms with van der Waals surface area (Å²) in [6.07, 6.45) is 5.79. The Morgan fingerprint density at radius 2 is 2.07 bits per heavy atom. The molecule has 0 atom stereocenters. The van der Waals surface area contributed by atoms with Gasteiger partial charge in [-0.05, 0) is 31.0 Å². The van der Waals surface area contributed by atoms with Crippen molar-refractivity contribution < 1.29 is 4.79 Å².